The van der Waals surface area contributed by atoms with Gasteiger partial charge in [-0.1, -0.05) is 13.8 Å². The van der Waals surface area contributed by atoms with Gasteiger partial charge in [0.05, 0.1) is 12.3 Å². The predicted molar refractivity (Wildman–Crippen MR) is 122 cm³/mol. The van der Waals surface area contributed by atoms with Crippen LogP contribution in [0.25, 0.3) is 0 Å². The molecule has 0 radical (unpaired) electrons. The van der Waals surface area contributed by atoms with Crippen LogP contribution in [0, 0.1) is 24.6 Å². The molecule has 0 spiro atoms. The van der Waals surface area contributed by atoms with E-state index >= 15 is 0 Å². The van der Waals surface area contributed by atoms with E-state index in [9.17, 15) is 18.8 Å². The first-order valence-corrected chi connectivity index (χ1v) is 10.4. The van der Waals surface area contributed by atoms with Crippen LogP contribution in [0.2, 0.25) is 0 Å². The van der Waals surface area contributed by atoms with Gasteiger partial charge in [-0.05, 0) is 39.5 Å². The summed E-state index contributed by atoms with van der Waals surface area (Å²) in [7, 11) is 1.54. The summed E-state index contributed by atoms with van der Waals surface area (Å²) in [6, 6.07) is 0. The van der Waals surface area contributed by atoms with E-state index < -0.39 is 23.6 Å². The highest BCUT2D eigenvalue weighted by Crippen LogP contribution is 2.27. The number of rotatable bonds is 5. The second-order valence-electron chi connectivity index (χ2n) is 8.49. The Morgan fingerprint density at radius 1 is 1.36 bits per heavy atom. The van der Waals surface area contributed by atoms with Crippen LogP contribution in [0.3, 0.4) is 0 Å². The summed E-state index contributed by atoms with van der Waals surface area (Å²) < 4.78 is 30.1. The zero-order valence-corrected chi connectivity index (χ0v) is 20.1. The van der Waals surface area contributed by atoms with Crippen molar-refractivity contribution in [2.45, 2.75) is 71.8 Å². The van der Waals surface area contributed by atoms with E-state index in [0.717, 1.165) is 10.8 Å². The molecule has 0 bridgehead atoms. The molecular formula is C22H35FN4O6. The van der Waals surface area contributed by atoms with Crippen molar-refractivity contribution in [1.82, 2.24) is 14.9 Å². The maximum absolute atomic E-state index is 13.4. The van der Waals surface area contributed by atoms with Gasteiger partial charge >= 0.3 is 17.8 Å². The molecule has 1 amide bonds. The molecule has 0 aliphatic carbocycles. The highest BCUT2D eigenvalue weighted by molar-refractivity contribution is 5.69. The summed E-state index contributed by atoms with van der Waals surface area (Å²) in [5.74, 6) is -1.25. The number of amides is 1. The predicted octanol–water partition coefficient (Wildman–Crippen LogP) is 2.62. The van der Waals surface area contributed by atoms with Gasteiger partial charge in [0, 0.05) is 13.5 Å². The van der Waals surface area contributed by atoms with Crippen LogP contribution in [0.15, 0.2) is 11.0 Å². The molecule has 1 fully saturated rings. The number of nitrogen functional groups attached to an aromatic ring is 1. The zero-order valence-electron chi connectivity index (χ0n) is 20.1. The summed E-state index contributed by atoms with van der Waals surface area (Å²) in [5.41, 5.74) is 4.18. The number of hydrogen-bond donors (Lipinski definition) is 2. The molecule has 2 unspecified atom stereocenters. The molecule has 3 N–H and O–H groups in total. The standard InChI is InChI=1S/C14H20FN3O4.C6H13NO2.C2H2/c1-8(2)5-12(19)21-7-9-3-4-11(22-9)18-6-10(15)13(16)17-14(18)20;1-6(2,3)9-5(8)7-4;1-2/h6,8-9,11H,3-5,7H2,1-2H3,(H2,16,17,20);1-4H3,(H,7,8);1-2H. The fourth-order valence-electron chi connectivity index (χ4n) is 2.59. The van der Waals surface area contributed by atoms with Crippen LogP contribution >= 0.6 is 0 Å². The second kappa shape index (κ2) is 14.1. The van der Waals surface area contributed by atoms with Gasteiger partial charge in [0.25, 0.3) is 0 Å². The van der Waals surface area contributed by atoms with Crippen molar-refractivity contribution in [2.24, 2.45) is 5.92 Å². The highest BCUT2D eigenvalue weighted by Gasteiger charge is 2.29. The molecule has 0 aromatic carbocycles. The van der Waals surface area contributed by atoms with Gasteiger partial charge in [-0.15, -0.1) is 12.8 Å². The molecule has 2 atom stereocenters. The van der Waals surface area contributed by atoms with E-state index in [1.807, 2.05) is 34.6 Å². The summed E-state index contributed by atoms with van der Waals surface area (Å²) >= 11 is 0. The minimum atomic E-state index is -0.769. The van der Waals surface area contributed by atoms with E-state index in [4.69, 9.17) is 19.9 Å². The van der Waals surface area contributed by atoms with Gasteiger partial charge in [-0.3, -0.25) is 9.36 Å². The maximum atomic E-state index is 13.4. The Labute approximate surface area is 194 Å². The average molecular weight is 471 g/mol. The first-order chi connectivity index (χ1) is 15.3. The Morgan fingerprint density at radius 2 is 1.97 bits per heavy atom. The molecular weight excluding hydrogens is 435 g/mol. The molecule has 1 aliphatic rings. The number of nitrogens with two attached hydrogens (primary N) is 1. The molecule has 1 aliphatic heterocycles. The van der Waals surface area contributed by atoms with E-state index in [2.05, 4.69) is 23.1 Å². The van der Waals surface area contributed by atoms with Gasteiger partial charge in [0.15, 0.2) is 11.6 Å². The minimum Gasteiger partial charge on any atom is -0.463 e. The second-order valence-corrected chi connectivity index (χ2v) is 8.49. The van der Waals surface area contributed by atoms with Crippen molar-refractivity contribution >= 4 is 17.9 Å². The summed E-state index contributed by atoms with van der Waals surface area (Å²) in [5, 5.41) is 2.36. The van der Waals surface area contributed by atoms with Crippen molar-refractivity contribution < 1.29 is 28.2 Å². The number of nitrogens with one attached hydrogen (secondary N) is 1. The summed E-state index contributed by atoms with van der Waals surface area (Å²) in [4.78, 5) is 37.1. The van der Waals surface area contributed by atoms with Crippen molar-refractivity contribution in [1.29, 1.82) is 0 Å². The summed E-state index contributed by atoms with van der Waals surface area (Å²) in [6.45, 7) is 9.45. The smallest absolute Gasteiger partial charge is 0.407 e. The molecule has 33 heavy (non-hydrogen) atoms. The Balaban J connectivity index is 0.000000786. The highest BCUT2D eigenvalue weighted by atomic mass is 19.1. The van der Waals surface area contributed by atoms with Crippen LogP contribution in [0.4, 0.5) is 15.0 Å². The Bertz CT molecular complexity index is 848. The van der Waals surface area contributed by atoms with Gasteiger partial charge < -0.3 is 25.3 Å². The van der Waals surface area contributed by atoms with Gasteiger partial charge in [-0.25, -0.2) is 14.0 Å². The van der Waals surface area contributed by atoms with E-state index in [1.54, 1.807) is 0 Å². The van der Waals surface area contributed by atoms with Crippen LogP contribution < -0.4 is 16.7 Å². The maximum Gasteiger partial charge on any atom is 0.407 e. The fourth-order valence-corrected chi connectivity index (χ4v) is 2.59. The zero-order chi connectivity index (χ0) is 25.8. The van der Waals surface area contributed by atoms with Gasteiger partial charge in [0.2, 0.25) is 0 Å². The number of aromatic nitrogens is 2. The van der Waals surface area contributed by atoms with Crippen molar-refractivity contribution in [2.75, 3.05) is 19.4 Å². The monoisotopic (exact) mass is 470 g/mol. The first kappa shape index (κ1) is 29.9. The normalized spacial score (nSPS) is 17.2. The topological polar surface area (TPSA) is 135 Å². The van der Waals surface area contributed by atoms with Crippen molar-refractivity contribution in [3.63, 3.8) is 0 Å². The molecule has 1 aromatic rings. The third-order valence-electron chi connectivity index (χ3n) is 3.94. The average Bonchev–Trinajstić information content (AvgIpc) is 3.18. The molecule has 1 aromatic heterocycles. The third-order valence-corrected chi connectivity index (χ3v) is 3.94. The summed E-state index contributed by atoms with van der Waals surface area (Å²) in [6.07, 6.45) is 9.14. The number of halogens is 1. The van der Waals surface area contributed by atoms with Gasteiger partial charge in [-0.2, -0.15) is 4.98 Å². The number of ether oxygens (including phenoxy) is 3. The Hall–Kier alpha value is -3.13. The molecule has 186 valence electrons. The van der Waals surface area contributed by atoms with Gasteiger partial charge in [0.1, 0.15) is 18.4 Å². The van der Waals surface area contributed by atoms with Crippen LogP contribution in [-0.4, -0.2) is 47.0 Å². The Morgan fingerprint density at radius 3 is 2.45 bits per heavy atom. The molecule has 11 heteroatoms. The minimum absolute atomic E-state index is 0.127. The molecule has 2 heterocycles. The number of terminal acetylenes is 1. The van der Waals surface area contributed by atoms with Crippen molar-refractivity contribution in [3.05, 3.63) is 22.5 Å². The molecule has 10 nitrogen and oxygen atoms in total. The largest absolute Gasteiger partial charge is 0.463 e. The van der Waals surface area contributed by atoms with Crippen molar-refractivity contribution in [3.8, 4) is 12.8 Å². The fraction of sp³-hybridized carbons (Fsp3) is 0.636. The lowest BCUT2D eigenvalue weighted by atomic mass is 10.1. The number of alkyl carbamates (subject to hydrolysis) is 1. The van der Waals surface area contributed by atoms with E-state index in [-0.39, 0.29) is 36.3 Å². The van der Waals surface area contributed by atoms with Crippen LogP contribution in [0.1, 0.15) is 60.1 Å². The number of hydrogen-bond acceptors (Lipinski definition) is 8. The number of carbonyl (C=O) groups is 2. The number of carbonyl (C=O) groups excluding carboxylic acids is 2. The SMILES string of the molecule is C#C.CC(C)CC(=O)OCC1CCC(n2cc(F)c(N)nc2=O)O1.CNC(=O)OC(C)(C)C. The molecule has 1 saturated heterocycles. The lowest BCUT2D eigenvalue weighted by molar-refractivity contribution is -0.149. The van der Waals surface area contributed by atoms with Crippen LogP contribution in [0.5, 0.6) is 0 Å². The molecule has 0 saturated carbocycles. The Kier molecular flexibility index (Phi) is 12.8. The molecule has 2 rings (SSSR count). The first-order valence-electron chi connectivity index (χ1n) is 10.4. The third kappa shape index (κ3) is 11.9. The quantitative estimate of drug-likeness (QED) is 0.495. The number of anilines is 1. The number of esters is 1. The van der Waals surface area contributed by atoms with E-state index in [1.165, 1.54) is 7.05 Å². The lowest BCUT2D eigenvalue weighted by Gasteiger charge is -2.18. The lowest BCUT2D eigenvalue weighted by Crippen LogP contribution is -2.30. The number of nitrogens with zero attached hydrogens (tertiary/aromatic N) is 2. The van der Waals surface area contributed by atoms with E-state index in [0.29, 0.717) is 19.3 Å². The van der Waals surface area contributed by atoms with Crippen LogP contribution in [-0.2, 0) is 19.0 Å².